The van der Waals surface area contributed by atoms with Gasteiger partial charge in [0.2, 0.25) is 0 Å². The van der Waals surface area contributed by atoms with Crippen molar-refractivity contribution in [2.45, 2.75) is 50.8 Å². The van der Waals surface area contributed by atoms with Gasteiger partial charge in [0.15, 0.2) is 11.2 Å². The van der Waals surface area contributed by atoms with Gasteiger partial charge < -0.3 is 14.9 Å². The van der Waals surface area contributed by atoms with Crippen molar-refractivity contribution in [1.29, 1.82) is 0 Å². The molecule has 1 fully saturated rings. The smallest absolute Gasteiger partial charge is 0.198 e. The van der Waals surface area contributed by atoms with Gasteiger partial charge in [0.1, 0.15) is 14.2 Å². The summed E-state index contributed by atoms with van der Waals surface area (Å²) in [6, 6.07) is 0. The molecule has 0 aromatic carbocycles. The number of ether oxygens (including phenoxy) is 1. The zero-order chi connectivity index (χ0) is 15.8. The molecule has 1 saturated heterocycles. The minimum atomic E-state index is -1.77. The predicted molar refractivity (Wildman–Crippen MR) is 83.6 cm³/mol. The largest absolute Gasteiger partial charge is 0.388 e. The third-order valence-corrected chi connectivity index (χ3v) is 4.38. The highest BCUT2D eigenvalue weighted by Gasteiger charge is 2.62. The monoisotopic (exact) mass is 292 g/mol. The topological polar surface area (TPSA) is 49.7 Å². The van der Waals surface area contributed by atoms with Crippen molar-refractivity contribution in [1.82, 2.24) is 0 Å². The van der Waals surface area contributed by atoms with Gasteiger partial charge in [0, 0.05) is 5.41 Å². The van der Waals surface area contributed by atoms with Crippen LogP contribution >= 0.6 is 0 Å². The number of hydrogen-bond acceptors (Lipinski definition) is 3. The van der Waals surface area contributed by atoms with Crippen LogP contribution in [0, 0.1) is 29.2 Å². The maximum atomic E-state index is 10.8. The molecule has 1 aliphatic rings. The molecular weight excluding hydrogens is 268 g/mol. The second-order valence-electron chi connectivity index (χ2n) is 7.03. The van der Waals surface area contributed by atoms with E-state index >= 15 is 0 Å². The molecule has 1 rings (SSSR count). The Kier molecular flexibility index (Phi) is 4.30. The van der Waals surface area contributed by atoms with Gasteiger partial charge in [-0.2, -0.15) is 0 Å². The number of aliphatic hydroxyl groups is 2. The van der Waals surface area contributed by atoms with E-state index in [1.807, 2.05) is 13.8 Å². The lowest BCUT2D eigenvalue weighted by atomic mass is 9.72. The first-order chi connectivity index (χ1) is 8.94. The van der Waals surface area contributed by atoms with E-state index in [2.05, 4.69) is 43.6 Å². The van der Waals surface area contributed by atoms with Crippen LogP contribution in [0.5, 0.6) is 0 Å². The fraction of sp³-hybridized carbons (Fsp3) is 0.625. The molecule has 0 unspecified atom stereocenters. The van der Waals surface area contributed by atoms with Crippen molar-refractivity contribution in [3.8, 4) is 23.8 Å². The summed E-state index contributed by atoms with van der Waals surface area (Å²) in [5, 5.41) is 21.4. The summed E-state index contributed by atoms with van der Waals surface area (Å²) in [6.45, 7) is 13.7. The van der Waals surface area contributed by atoms with E-state index in [0.29, 0.717) is 0 Å². The van der Waals surface area contributed by atoms with Crippen LogP contribution in [0.25, 0.3) is 0 Å². The molecular formula is C16H24O3Si. The molecule has 0 amide bonds. The van der Waals surface area contributed by atoms with E-state index < -0.39 is 30.8 Å². The number of hydrogen-bond donors (Lipinski definition) is 2. The molecule has 0 saturated carbocycles. The summed E-state index contributed by atoms with van der Waals surface area (Å²) in [6.07, 6.45) is 5.82. The lowest BCUT2D eigenvalue weighted by Crippen LogP contribution is -2.59. The minimum Gasteiger partial charge on any atom is -0.388 e. The molecule has 0 radical (unpaired) electrons. The third kappa shape index (κ3) is 2.70. The van der Waals surface area contributed by atoms with Gasteiger partial charge in [-0.15, -0.1) is 12.0 Å². The van der Waals surface area contributed by atoms with Crippen LogP contribution in [0.2, 0.25) is 19.6 Å². The first-order valence-electron chi connectivity index (χ1n) is 6.64. The average molecular weight is 292 g/mol. The Morgan fingerprint density at radius 1 is 1.45 bits per heavy atom. The molecule has 110 valence electrons. The Labute approximate surface area is 123 Å². The molecule has 1 aliphatic heterocycles. The van der Waals surface area contributed by atoms with Crippen molar-refractivity contribution in [2.75, 3.05) is 6.61 Å². The normalized spacial score (nSPS) is 31.6. The summed E-state index contributed by atoms with van der Waals surface area (Å²) in [5.74, 6) is 5.24. The van der Waals surface area contributed by atoms with Gasteiger partial charge in [-0.05, 0) is 6.08 Å². The SMILES string of the molecule is C#C[C@@]1([C@@](O)(C#C[Si](C)(C)C)C=C)OCC(C)(C)[C@H]1O. The maximum absolute atomic E-state index is 10.8. The van der Waals surface area contributed by atoms with Gasteiger partial charge in [0.25, 0.3) is 0 Å². The highest BCUT2D eigenvalue weighted by Crippen LogP contribution is 2.45. The van der Waals surface area contributed by atoms with Crippen LogP contribution in [0.4, 0.5) is 0 Å². The Balaban J connectivity index is 3.38. The molecule has 2 N–H and O–H groups in total. The lowest BCUT2D eigenvalue weighted by Gasteiger charge is -2.38. The molecule has 3 atom stereocenters. The molecule has 0 aromatic heterocycles. The Morgan fingerprint density at radius 2 is 2.00 bits per heavy atom. The summed E-state index contributed by atoms with van der Waals surface area (Å²) >= 11 is 0. The van der Waals surface area contributed by atoms with Gasteiger partial charge >= 0.3 is 0 Å². The summed E-state index contributed by atoms with van der Waals surface area (Å²) in [4.78, 5) is 0. The predicted octanol–water partition coefficient (Wildman–Crippen LogP) is 1.57. The van der Waals surface area contributed by atoms with Gasteiger partial charge in [0.05, 0.1) is 6.61 Å². The van der Waals surface area contributed by atoms with Crippen molar-refractivity contribution >= 4 is 8.07 Å². The van der Waals surface area contributed by atoms with E-state index in [1.54, 1.807) is 0 Å². The Morgan fingerprint density at radius 3 is 2.30 bits per heavy atom. The zero-order valence-corrected chi connectivity index (χ0v) is 13.9. The van der Waals surface area contributed by atoms with Gasteiger partial charge in [-0.1, -0.05) is 51.9 Å². The summed E-state index contributed by atoms with van der Waals surface area (Å²) < 4.78 is 5.64. The number of terminal acetylenes is 1. The molecule has 0 spiro atoms. The Bertz CT molecular complexity index is 501. The van der Waals surface area contributed by atoms with E-state index in [-0.39, 0.29) is 6.61 Å². The lowest BCUT2D eigenvalue weighted by molar-refractivity contribution is -0.111. The molecule has 20 heavy (non-hydrogen) atoms. The van der Waals surface area contributed by atoms with Crippen LogP contribution < -0.4 is 0 Å². The van der Waals surface area contributed by atoms with Crippen molar-refractivity contribution < 1.29 is 14.9 Å². The molecule has 0 aliphatic carbocycles. The second-order valence-corrected chi connectivity index (χ2v) is 11.8. The van der Waals surface area contributed by atoms with Crippen LogP contribution in [0.3, 0.4) is 0 Å². The summed E-state index contributed by atoms with van der Waals surface area (Å²) in [5.41, 5.74) is -0.820. The highest BCUT2D eigenvalue weighted by molar-refractivity contribution is 6.83. The maximum Gasteiger partial charge on any atom is 0.198 e. The first-order valence-corrected chi connectivity index (χ1v) is 10.1. The average Bonchev–Trinajstić information content (AvgIpc) is 2.59. The van der Waals surface area contributed by atoms with Gasteiger partial charge in [-0.3, -0.25) is 0 Å². The summed E-state index contributed by atoms with van der Waals surface area (Å²) in [7, 11) is -1.71. The highest BCUT2D eigenvalue weighted by atomic mass is 28.3. The van der Waals surface area contributed by atoms with Crippen molar-refractivity contribution in [2.24, 2.45) is 5.41 Å². The van der Waals surface area contributed by atoms with E-state index in [9.17, 15) is 10.2 Å². The number of rotatable bonds is 2. The fourth-order valence-corrected chi connectivity index (χ4v) is 2.70. The van der Waals surface area contributed by atoms with Crippen LogP contribution in [-0.2, 0) is 4.74 Å². The minimum absolute atomic E-state index is 0.253. The number of aliphatic hydroxyl groups excluding tert-OH is 1. The molecule has 4 heteroatoms. The molecule has 0 bridgehead atoms. The Hall–Kier alpha value is -1.04. The van der Waals surface area contributed by atoms with E-state index in [1.165, 1.54) is 6.08 Å². The van der Waals surface area contributed by atoms with Crippen molar-refractivity contribution in [3.05, 3.63) is 12.7 Å². The first kappa shape index (κ1) is 17.0. The van der Waals surface area contributed by atoms with Crippen molar-refractivity contribution in [3.63, 3.8) is 0 Å². The van der Waals surface area contributed by atoms with Gasteiger partial charge in [-0.25, -0.2) is 0 Å². The quantitative estimate of drug-likeness (QED) is 0.461. The standard InChI is InChI=1S/C16H24O3Si/c1-8-15(18,10-11-20(5,6)7)16(9-2)13(17)14(3,4)12-19-16/h2,8,13,17-18H,1,12H2,3-7H3/t13-,15+,16-/m1/s1. The van der Waals surface area contributed by atoms with Crippen LogP contribution in [0.15, 0.2) is 12.7 Å². The van der Waals surface area contributed by atoms with Crippen LogP contribution in [0.1, 0.15) is 13.8 Å². The van der Waals surface area contributed by atoms with E-state index in [0.717, 1.165) is 0 Å². The molecule has 3 nitrogen and oxygen atoms in total. The molecule has 1 heterocycles. The third-order valence-electron chi connectivity index (χ3n) is 3.50. The molecule has 0 aromatic rings. The van der Waals surface area contributed by atoms with Crippen LogP contribution in [-0.4, -0.2) is 42.2 Å². The fourth-order valence-electron chi connectivity index (χ4n) is 2.14. The van der Waals surface area contributed by atoms with E-state index in [4.69, 9.17) is 11.2 Å². The zero-order valence-electron chi connectivity index (χ0n) is 12.9. The second kappa shape index (κ2) is 5.06.